The fourth-order valence-corrected chi connectivity index (χ4v) is 0.497. The first kappa shape index (κ1) is 9.58. The van der Waals surface area contributed by atoms with E-state index in [0.29, 0.717) is 0 Å². The molecule has 0 saturated heterocycles. The van der Waals surface area contributed by atoms with Gasteiger partial charge in [-0.3, -0.25) is 0 Å². The van der Waals surface area contributed by atoms with Crippen molar-refractivity contribution in [3.8, 4) is 0 Å². The predicted octanol–water partition coefficient (Wildman–Crippen LogP) is -0.922. The molecule has 0 rings (SSSR count). The standard InChI is InChI=1S/C6H15N3O/c1-5-8(7)9(10)6(2,3)4/h5,7-9H,1H2,2-4H3. The summed E-state index contributed by atoms with van der Waals surface area (Å²) in [6.07, 6.45) is 1.27. The van der Waals surface area contributed by atoms with Crippen molar-refractivity contribution < 1.29 is 10.3 Å². The highest BCUT2D eigenvalue weighted by atomic mass is 16.6. The zero-order chi connectivity index (χ0) is 8.36. The third-order valence-corrected chi connectivity index (χ3v) is 1.13. The Morgan fingerprint density at radius 2 is 1.90 bits per heavy atom. The van der Waals surface area contributed by atoms with Gasteiger partial charge in [-0.25, -0.2) is 10.3 Å². The summed E-state index contributed by atoms with van der Waals surface area (Å²) < 4.78 is 0. The van der Waals surface area contributed by atoms with Crippen LogP contribution in [-0.2, 0) is 0 Å². The molecule has 0 heterocycles. The number of nitrogens with one attached hydrogen (secondary N) is 3. The first-order valence-electron chi connectivity index (χ1n) is 3.15. The van der Waals surface area contributed by atoms with Gasteiger partial charge < -0.3 is 11.0 Å². The highest BCUT2D eigenvalue weighted by Gasteiger charge is 2.21. The third-order valence-electron chi connectivity index (χ3n) is 1.13. The number of hydrogen-bond acceptors (Lipinski definition) is 1. The molecule has 3 N–H and O–H groups in total. The van der Waals surface area contributed by atoms with Crippen LogP contribution < -0.4 is 10.3 Å². The van der Waals surface area contributed by atoms with Crippen molar-refractivity contribution in [2.45, 2.75) is 26.3 Å². The molecule has 0 aromatic carbocycles. The molecule has 0 radical (unpaired) electrons. The smallest absolute Gasteiger partial charge is 0.132 e. The zero-order valence-corrected chi connectivity index (χ0v) is 6.69. The molecular formula is C6H15N3O. The number of hydrogen-bond donors (Lipinski definition) is 2. The van der Waals surface area contributed by atoms with E-state index < -0.39 is 5.54 Å². The van der Waals surface area contributed by atoms with Crippen LogP contribution in [0.15, 0.2) is 12.8 Å². The van der Waals surface area contributed by atoms with E-state index in [0.717, 1.165) is 0 Å². The van der Waals surface area contributed by atoms with Gasteiger partial charge in [0.15, 0.2) is 0 Å². The molecule has 0 saturated carbocycles. The van der Waals surface area contributed by atoms with Gasteiger partial charge in [0.2, 0.25) is 0 Å². The first-order chi connectivity index (χ1) is 4.39. The van der Waals surface area contributed by atoms with Crippen LogP contribution in [-0.4, -0.2) is 5.54 Å². The number of hydroxylamine groups is 1. The molecule has 0 spiro atoms. The molecule has 0 aromatic rings. The van der Waals surface area contributed by atoms with Crippen molar-refractivity contribution >= 4 is 0 Å². The van der Waals surface area contributed by atoms with Gasteiger partial charge in [0.25, 0.3) is 0 Å². The van der Waals surface area contributed by atoms with Crippen molar-refractivity contribution in [3.63, 3.8) is 0 Å². The summed E-state index contributed by atoms with van der Waals surface area (Å²) in [5.41, 5.74) is -0.453. The number of rotatable bonds is 2. The van der Waals surface area contributed by atoms with Gasteiger partial charge in [0.05, 0.1) is 0 Å². The van der Waals surface area contributed by atoms with E-state index in [-0.39, 0.29) is 10.3 Å². The van der Waals surface area contributed by atoms with Crippen LogP contribution in [0.4, 0.5) is 0 Å². The highest BCUT2D eigenvalue weighted by Crippen LogP contribution is 1.88. The molecule has 0 fully saturated rings. The molecule has 0 aliphatic heterocycles. The summed E-state index contributed by atoms with van der Waals surface area (Å²) in [6.45, 7) is 8.71. The van der Waals surface area contributed by atoms with Gasteiger partial charge in [-0.15, -0.1) is 0 Å². The molecule has 4 nitrogen and oxygen atoms in total. The second kappa shape index (κ2) is 3.12. The highest BCUT2D eigenvalue weighted by molar-refractivity contribution is 4.54. The minimum absolute atomic E-state index is 0.00694. The second-order valence-corrected chi connectivity index (χ2v) is 3.20. The molecule has 0 aliphatic rings. The predicted molar refractivity (Wildman–Crippen MR) is 39.6 cm³/mol. The molecule has 10 heavy (non-hydrogen) atoms. The lowest BCUT2D eigenvalue weighted by Crippen LogP contribution is -3.56. The Morgan fingerprint density at radius 1 is 1.50 bits per heavy atom. The van der Waals surface area contributed by atoms with E-state index in [4.69, 9.17) is 5.84 Å². The van der Waals surface area contributed by atoms with Gasteiger partial charge in [0, 0.05) is 0 Å². The summed E-state index contributed by atoms with van der Waals surface area (Å²) in [5.74, 6) is 7.13. The van der Waals surface area contributed by atoms with E-state index >= 15 is 0 Å². The normalized spacial score (nSPS) is 18.1. The molecule has 0 bridgehead atoms. The van der Waals surface area contributed by atoms with Crippen molar-refractivity contribution in [2.75, 3.05) is 0 Å². The van der Waals surface area contributed by atoms with Crippen molar-refractivity contribution in [1.29, 1.82) is 0 Å². The number of quaternary nitrogens is 2. The van der Waals surface area contributed by atoms with E-state index in [9.17, 15) is 5.21 Å². The van der Waals surface area contributed by atoms with Crippen LogP contribution in [0.5, 0.6) is 0 Å². The van der Waals surface area contributed by atoms with Crippen LogP contribution in [0.3, 0.4) is 0 Å². The fraction of sp³-hybridized carbons (Fsp3) is 0.667. The fourth-order valence-electron chi connectivity index (χ4n) is 0.497. The Balaban J connectivity index is 4.07. The Morgan fingerprint density at radius 3 is 2.00 bits per heavy atom. The molecule has 4 heteroatoms. The quantitative estimate of drug-likeness (QED) is 0.485. The monoisotopic (exact) mass is 145 g/mol. The molecule has 60 valence electrons. The molecule has 0 amide bonds. The van der Waals surface area contributed by atoms with E-state index in [1.807, 2.05) is 0 Å². The average molecular weight is 145 g/mol. The summed E-state index contributed by atoms with van der Waals surface area (Å²) in [4.78, 5) is 0. The largest absolute Gasteiger partial charge is 0.584 e. The van der Waals surface area contributed by atoms with Gasteiger partial charge in [-0.2, -0.15) is 0 Å². The Hall–Kier alpha value is -0.420. The minimum Gasteiger partial charge on any atom is -0.584 e. The van der Waals surface area contributed by atoms with Gasteiger partial charge in [0.1, 0.15) is 11.7 Å². The van der Waals surface area contributed by atoms with Crippen LogP contribution in [0, 0.1) is 5.21 Å². The zero-order valence-electron chi connectivity index (χ0n) is 6.69. The first-order valence-corrected chi connectivity index (χ1v) is 3.15. The Bertz CT molecular complexity index is 119. The maximum Gasteiger partial charge on any atom is 0.132 e. The average Bonchev–Trinajstić information content (AvgIpc) is 1.83. The maximum atomic E-state index is 11.1. The lowest BCUT2D eigenvalue weighted by molar-refractivity contribution is -1.46. The van der Waals surface area contributed by atoms with Crippen molar-refractivity contribution in [2.24, 2.45) is 0 Å². The van der Waals surface area contributed by atoms with E-state index in [1.165, 1.54) is 6.20 Å². The van der Waals surface area contributed by atoms with Crippen LogP contribution in [0.1, 0.15) is 20.8 Å². The molecule has 2 unspecified atom stereocenters. The van der Waals surface area contributed by atoms with Crippen molar-refractivity contribution in [3.05, 3.63) is 23.8 Å². The topological polar surface area (TPSA) is 55.7 Å². The van der Waals surface area contributed by atoms with E-state index in [1.54, 1.807) is 20.8 Å². The molecule has 0 aromatic heterocycles. The molecule has 2 atom stereocenters. The third kappa shape index (κ3) is 2.45. The Labute approximate surface area is 61.4 Å². The summed E-state index contributed by atoms with van der Waals surface area (Å²) in [5, 5.41) is 10.9. The van der Waals surface area contributed by atoms with Crippen LogP contribution in [0.25, 0.3) is 5.84 Å². The maximum absolute atomic E-state index is 11.1. The van der Waals surface area contributed by atoms with E-state index in [2.05, 4.69) is 6.58 Å². The Kier molecular flexibility index (Phi) is 2.98. The van der Waals surface area contributed by atoms with Crippen molar-refractivity contribution in [1.82, 2.24) is 0 Å². The minimum atomic E-state index is -0.453. The summed E-state index contributed by atoms with van der Waals surface area (Å²) >= 11 is 0. The SMILES string of the molecule is C=C[NH+]([NH-])[NH+]([O-])C(C)(C)C. The van der Waals surface area contributed by atoms with Gasteiger partial charge in [-0.1, -0.05) is 0 Å². The molecule has 0 aliphatic carbocycles. The molecular weight excluding hydrogens is 130 g/mol. The van der Waals surface area contributed by atoms with Crippen LogP contribution in [0.2, 0.25) is 0 Å². The summed E-state index contributed by atoms with van der Waals surface area (Å²) in [7, 11) is 0. The van der Waals surface area contributed by atoms with Crippen LogP contribution >= 0.6 is 0 Å². The van der Waals surface area contributed by atoms with Gasteiger partial charge >= 0.3 is 0 Å². The summed E-state index contributed by atoms with van der Waals surface area (Å²) in [6, 6.07) is 0. The second-order valence-electron chi connectivity index (χ2n) is 3.20. The lowest BCUT2D eigenvalue weighted by Gasteiger charge is -2.38. The lowest BCUT2D eigenvalue weighted by atomic mass is 10.1. The van der Waals surface area contributed by atoms with Gasteiger partial charge in [-0.05, 0) is 27.4 Å².